The first kappa shape index (κ1) is 15.5. The maximum atomic E-state index is 12.3. The molecule has 0 bridgehead atoms. The zero-order chi connectivity index (χ0) is 15.4. The lowest BCUT2D eigenvalue weighted by molar-refractivity contribution is -0.142. The molecule has 1 heterocycles. The Balaban J connectivity index is 2.17. The van der Waals surface area contributed by atoms with Crippen LogP contribution in [-0.2, 0) is 20.9 Å². The fourth-order valence-electron chi connectivity index (χ4n) is 2.59. The maximum absolute atomic E-state index is 12.3. The van der Waals surface area contributed by atoms with Gasteiger partial charge in [0.1, 0.15) is 0 Å². The van der Waals surface area contributed by atoms with Crippen LogP contribution in [-0.4, -0.2) is 48.2 Å². The maximum Gasteiger partial charge on any atom is 0.312 e. The Kier molecular flexibility index (Phi) is 4.93. The summed E-state index contributed by atoms with van der Waals surface area (Å²) in [6.07, 6.45) is -0.167. The molecule has 6 nitrogen and oxygen atoms in total. The van der Waals surface area contributed by atoms with Gasteiger partial charge in [-0.1, -0.05) is 24.3 Å². The van der Waals surface area contributed by atoms with Gasteiger partial charge in [0, 0.05) is 26.7 Å². The van der Waals surface area contributed by atoms with Crippen LogP contribution in [0.1, 0.15) is 23.5 Å². The molecule has 1 amide bonds. The van der Waals surface area contributed by atoms with Crippen molar-refractivity contribution >= 4 is 11.9 Å². The Bertz CT molecular complexity index is 528. The van der Waals surface area contributed by atoms with Gasteiger partial charge in [0.25, 0.3) is 0 Å². The molecule has 0 aromatic heterocycles. The minimum atomic E-state index is -0.915. The van der Waals surface area contributed by atoms with Crippen molar-refractivity contribution in [2.24, 2.45) is 5.73 Å². The highest BCUT2D eigenvalue weighted by Gasteiger charge is 2.32. The molecule has 1 aromatic carbocycles. The monoisotopic (exact) mass is 292 g/mol. The normalized spacial score (nSPS) is 19.0. The van der Waals surface area contributed by atoms with E-state index in [-0.39, 0.29) is 31.5 Å². The van der Waals surface area contributed by atoms with Crippen molar-refractivity contribution < 1.29 is 19.4 Å². The van der Waals surface area contributed by atoms with Gasteiger partial charge in [-0.25, -0.2) is 0 Å². The van der Waals surface area contributed by atoms with Gasteiger partial charge < -0.3 is 20.5 Å². The molecule has 3 N–H and O–H groups in total. The minimum Gasteiger partial charge on any atom is -0.481 e. The molecule has 1 aromatic rings. The van der Waals surface area contributed by atoms with E-state index in [2.05, 4.69) is 0 Å². The fraction of sp³-hybridized carbons (Fsp3) is 0.467. The van der Waals surface area contributed by atoms with Crippen LogP contribution >= 0.6 is 0 Å². The topological polar surface area (TPSA) is 92.9 Å². The van der Waals surface area contributed by atoms with Gasteiger partial charge in [0.05, 0.1) is 18.4 Å². The molecular weight excluding hydrogens is 272 g/mol. The van der Waals surface area contributed by atoms with E-state index in [1.54, 1.807) is 4.90 Å². The van der Waals surface area contributed by atoms with E-state index in [0.29, 0.717) is 6.54 Å². The summed E-state index contributed by atoms with van der Waals surface area (Å²) in [5.74, 6) is -1.73. The lowest BCUT2D eigenvalue weighted by Crippen LogP contribution is -2.42. The summed E-state index contributed by atoms with van der Waals surface area (Å²) in [5.41, 5.74) is 7.19. The molecule has 0 saturated heterocycles. The fourth-order valence-corrected chi connectivity index (χ4v) is 2.59. The summed E-state index contributed by atoms with van der Waals surface area (Å²) in [7, 11) is 1.51. The molecule has 0 fully saturated rings. The van der Waals surface area contributed by atoms with E-state index in [1.165, 1.54) is 7.11 Å². The summed E-state index contributed by atoms with van der Waals surface area (Å²) in [4.78, 5) is 25.3. The van der Waals surface area contributed by atoms with Crippen molar-refractivity contribution in [3.63, 3.8) is 0 Å². The van der Waals surface area contributed by atoms with Crippen molar-refractivity contribution in [1.82, 2.24) is 4.90 Å². The quantitative estimate of drug-likeness (QED) is 0.827. The van der Waals surface area contributed by atoms with Crippen LogP contribution in [0.5, 0.6) is 0 Å². The molecular formula is C15H20N2O4. The van der Waals surface area contributed by atoms with Crippen LogP contribution in [0.25, 0.3) is 0 Å². The highest BCUT2D eigenvalue weighted by Crippen LogP contribution is 2.28. The predicted molar refractivity (Wildman–Crippen MR) is 76.7 cm³/mol. The lowest BCUT2D eigenvalue weighted by atomic mass is 9.89. The standard InChI is InChI=1S/C15H20N2O4/c1-21-11(7-16)6-14(18)17-8-10-4-2-3-5-12(10)13(9-17)15(19)20/h2-5,11,13H,6-9,16H2,1H3,(H,19,20). The summed E-state index contributed by atoms with van der Waals surface area (Å²) in [6, 6.07) is 7.35. The number of fused-ring (bicyclic) bond motifs is 1. The summed E-state index contributed by atoms with van der Waals surface area (Å²) in [5, 5.41) is 9.38. The Hall–Kier alpha value is -1.92. The highest BCUT2D eigenvalue weighted by atomic mass is 16.5. The molecule has 0 spiro atoms. The average molecular weight is 292 g/mol. The molecule has 0 radical (unpaired) electrons. The minimum absolute atomic E-state index is 0.131. The molecule has 2 unspecified atom stereocenters. The van der Waals surface area contributed by atoms with Crippen LogP contribution in [0.15, 0.2) is 24.3 Å². The van der Waals surface area contributed by atoms with Gasteiger partial charge in [0.15, 0.2) is 0 Å². The van der Waals surface area contributed by atoms with Gasteiger partial charge in [-0.05, 0) is 11.1 Å². The third-order valence-corrected chi connectivity index (χ3v) is 3.84. The predicted octanol–water partition coefficient (Wildman–Crippen LogP) is 0.561. The first-order chi connectivity index (χ1) is 10.1. The van der Waals surface area contributed by atoms with E-state index in [1.807, 2.05) is 24.3 Å². The molecule has 2 rings (SSSR count). The van der Waals surface area contributed by atoms with Crippen LogP contribution in [0.3, 0.4) is 0 Å². The zero-order valence-corrected chi connectivity index (χ0v) is 12.0. The number of carbonyl (C=O) groups excluding carboxylic acids is 1. The Morgan fingerprint density at radius 3 is 2.81 bits per heavy atom. The van der Waals surface area contributed by atoms with E-state index in [4.69, 9.17) is 10.5 Å². The second-order valence-electron chi connectivity index (χ2n) is 5.16. The van der Waals surface area contributed by atoms with Gasteiger partial charge >= 0.3 is 5.97 Å². The third kappa shape index (κ3) is 3.40. The van der Waals surface area contributed by atoms with Gasteiger partial charge in [-0.15, -0.1) is 0 Å². The number of carboxylic acids is 1. The number of hydrogen-bond donors (Lipinski definition) is 2. The average Bonchev–Trinajstić information content (AvgIpc) is 2.51. The number of nitrogens with two attached hydrogens (primary N) is 1. The van der Waals surface area contributed by atoms with Crippen molar-refractivity contribution in [3.8, 4) is 0 Å². The van der Waals surface area contributed by atoms with Crippen molar-refractivity contribution in [3.05, 3.63) is 35.4 Å². The van der Waals surface area contributed by atoms with Crippen LogP contribution in [0.2, 0.25) is 0 Å². The second-order valence-corrected chi connectivity index (χ2v) is 5.16. The van der Waals surface area contributed by atoms with Crippen molar-refractivity contribution in [1.29, 1.82) is 0 Å². The molecule has 2 atom stereocenters. The zero-order valence-electron chi connectivity index (χ0n) is 12.0. The number of benzene rings is 1. The molecule has 21 heavy (non-hydrogen) atoms. The number of amides is 1. The Morgan fingerprint density at radius 1 is 1.48 bits per heavy atom. The van der Waals surface area contributed by atoms with Gasteiger partial charge in [-0.2, -0.15) is 0 Å². The number of nitrogens with zero attached hydrogens (tertiary/aromatic N) is 1. The van der Waals surface area contributed by atoms with Crippen LogP contribution < -0.4 is 5.73 Å². The number of methoxy groups -OCH3 is 1. The van der Waals surface area contributed by atoms with E-state index >= 15 is 0 Å². The van der Waals surface area contributed by atoms with Crippen molar-refractivity contribution in [2.75, 3.05) is 20.2 Å². The molecule has 0 saturated carbocycles. The Morgan fingerprint density at radius 2 is 2.19 bits per heavy atom. The SMILES string of the molecule is COC(CN)CC(=O)N1Cc2ccccc2C(C(=O)O)C1. The number of aliphatic carboxylic acids is 1. The third-order valence-electron chi connectivity index (χ3n) is 3.84. The molecule has 1 aliphatic heterocycles. The number of hydrogen-bond acceptors (Lipinski definition) is 4. The van der Waals surface area contributed by atoms with Gasteiger partial charge in [-0.3, -0.25) is 9.59 Å². The summed E-state index contributed by atoms with van der Waals surface area (Å²) >= 11 is 0. The number of carboxylic acid groups (broad SMARTS) is 1. The van der Waals surface area contributed by atoms with E-state index in [9.17, 15) is 14.7 Å². The number of ether oxygens (including phenoxy) is 1. The smallest absolute Gasteiger partial charge is 0.312 e. The Labute approximate surface area is 123 Å². The number of rotatable bonds is 5. The molecule has 0 aliphatic carbocycles. The molecule has 6 heteroatoms. The van der Waals surface area contributed by atoms with Crippen molar-refractivity contribution in [2.45, 2.75) is 25.0 Å². The summed E-state index contributed by atoms with van der Waals surface area (Å²) < 4.78 is 5.12. The molecule has 1 aliphatic rings. The van der Waals surface area contributed by atoms with Crippen LogP contribution in [0, 0.1) is 0 Å². The highest BCUT2D eigenvalue weighted by molar-refractivity contribution is 5.81. The first-order valence-electron chi connectivity index (χ1n) is 6.88. The van der Waals surface area contributed by atoms with Gasteiger partial charge in [0.2, 0.25) is 5.91 Å². The van der Waals surface area contributed by atoms with Crippen LogP contribution in [0.4, 0.5) is 0 Å². The molecule has 114 valence electrons. The largest absolute Gasteiger partial charge is 0.481 e. The lowest BCUT2D eigenvalue weighted by Gasteiger charge is -2.33. The second kappa shape index (κ2) is 6.69. The first-order valence-corrected chi connectivity index (χ1v) is 6.88. The summed E-state index contributed by atoms with van der Waals surface area (Å²) in [6.45, 7) is 0.876. The van der Waals surface area contributed by atoms with E-state index < -0.39 is 11.9 Å². The number of carbonyl (C=O) groups is 2. The van der Waals surface area contributed by atoms with E-state index in [0.717, 1.165) is 11.1 Å².